The minimum Gasteiger partial charge on any atom is -0.348 e. The fourth-order valence-corrected chi connectivity index (χ4v) is 3.14. The fourth-order valence-electron chi connectivity index (χ4n) is 1.33. The zero-order valence-corrected chi connectivity index (χ0v) is 12.2. The lowest BCUT2D eigenvalue weighted by Crippen LogP contribution is -2.23. The Morgan fingerprint density at radius 3 is 2.68 bits per heavy atom. The molecule has 0 saturated carbocycles. The van der Waals surface area contributed by atoms with Crippen molar-refractivity contribution < 1.29 is 9.18 Å². The predicted molar refractivity (Wildman–Crippen MR) is 76.9 cm³/mol. The second-order valence-electron chi connectivity index (χ2n) is 4.08. The van der Waals surface area contributed by atoms with Crippen LogP contribution in [0.25, 0.3) is 11.3 Å². The lowest BCUT2D eigenvalue weighted by atomic mass is 10.2. The summed E-state index contributed by atoms with van der Waals surface area (Å²) < 4.78 is 13.7. The van der Waals surface area contributed by atoms with Crippen LogP contribution in [0.3, 0.4) is 0 Å². The summed E-state index contributed by atoms with van der Waals surface area (Å²) in [6.45, 7) is 0. The normalized spacial score (nSPS) is 10.5. The first-order chi connectivity index (χ1) is 9.06. The van der Waals surface area contributed by atoms with E-state index in [1.54, 1.807) is 31.1 Å². The summed E-state index contributed by atoms with van der Waals surface area (Å²) in [7, 11) is 3.46. The number of hydrogen-bond acceptors (Lipinski definition) is 4. The molecule has 1 amide bonds. The Balaban J connectivity index is 2.03. The summed E-state index contributed by atoms with van der Waals surface area (Å²) in [4.78, 5) is 17.5. The van der Waals surface area contributed by atoms with Gasteiger partial charge in [-0.25, -0.2) is 9.37 Å². The van der Waals surface area contributed by atoms with Crippen LogP contribution < -0.4 is 0 Å². The molecule has 0 bridgehead atoms. The van der Waals surface area contributed by atoms with Crippen molar-refractivity contribution in [1.29, 1.82) is 0 Å². The van der Waals surface area contributed by atoms with Gasteiger partial charge in [-0.2, -0.15) is 0 Å². The molecule has 3 nitrogen and oxygen atoms in total. The Bertz CT molecular complexity index is 566. The van der Waals surface area contributed by atoms with E-state index in [-0.39, 0.29) is 11.7 Å². The van der Waals surface area contributed by atoms with Gasteiger partial charge in [0.2, 0.25) is 5.91 Å². The molecule has 0 fully saturated rings. The standard InChI is InChI=1S/C13H13FN2OS2/c1-16(2)12(17)8-19-13-15-11(7-18-13)9-3-5-10(14)6-4-9/h3-7H,8H2,1-2H3. The van der Waals surface area contributed by atoms with Crippen LogP contribution in [0.1, 0.15) is 0 Å². The number of thioether (sulfide) groups is 1. The number of thiazole rings is 1. The zero-order valence-electron chi connectivity index (χ0n) is 10.6. The van der Waals surface area contributed by atoms with Crippen LogP contribution in [0.2, 0.25) is 0 Å². The lowest BCUT2D eigenvalue weighted by Gasteiger charge is -2.08. The lowest BCUT2D eigenvalue weighted by molar-refractivity contribution is -0.125. The van der Waals surface area contributed by atoms with Crippen molar-refractivity contribution in [3.05, 3.63) is 35.5 Å². The number of halogens is 1. The highest BCUT2D eigenvalue weighted by Crippen LogP contribution is 2.28. The number of amides is 1. The average Bonchev–Trinajstić information content (AvgIpc) is 2.85. The van der Waals surface area contributed by atoms with Crippen molar-refractivity contribution in [1.82, 2.24) is 9.88 Å². The predicted octanol–water partition coefficient (Wildman–Crippen LogP) is 3.13. The highest BCUT2D eigenvalue weighted by Gasteiger charge is 2.09. The van der Waals surface area contributed by atoms with Crippen LogP contribution in [0.5, 0.6) is 0 Å². The van der Waals surface area contributed by atoms with Crippen LogP contribution in [0.15, 0.2) is 34.0 Å². The number of nitrogens with zero attached hydrogens (tertiary/aromatic N) is 2. The smallest absolute Gasteiger partial charge is 0.232 e. The van der Waals surface area contributed by atoms with E-state index in [1.165, 1.54) is 35.2 Å². The number of aromatic nitrogens is 1. The van der Waals surface area contributed by atoms with Crippen molar-refractivity contribution in [2.45, 2.75) is 4.34 Å². The van der Waals surface area contributed by atoms with Gasteiger partial charge in [-0.05, 0) is 24.3 Å². The molecule has 2 aromatic rings. The highest BCUT2D eigenvalue weighted by atomic mass is 32.2. The van der Waals surface area contributed by atoms with Crippen molar-refractivity contribution in [3.63, 3.8) is 0 Å². The number of benzene rings is 1. The number of carbonyl (C=O) groups excluding carboxylic acids is 1. The van der Waals surface area contributed by atoms with Crippen molar-refractivity contribution >= 4 is 29.0 Å². The molecule has 0 aliphatic carbocycles. The Labute approximate surface area is 119 Å². The number of carbonyl (C=O) groups is 1. The maximum atomic E-state index is 12.8. The van der Waals surface area contributed by atoms with E-state index < -0.39 is 0 Å². The van der Waals surface area contributed by atoms with Gasteiger partial charge in [0.1, 0.15) is 5.82 Å². The fraction of sp³-hybridized carbons (Fsp3) is 0.231. The second-order valence-corrected chi connectivity index (χ2v) is 6.16. The van der Waals surface area contributed by atoms with Crippen LogP contribution in [-0.2, 0) is 4.79 Å². The maximum absolute atomic E-state index is 12.8. The first-order valence-corrected chi connectivity index (χ1v) is 7.47. The SMILES string of the molecule is CN(C)C(=O)CSc1nc(-c2ccc(F)cc2)cs1. The summed E-state index contributed by atoms with van der Waals surface area (Å²) in [6, 6.07) is 6.22. The molecule has 0 aliphatic rings. The summed E-state index contributed by atoms with van der Waals surface area (Å²) in [5, 5.41) is 1.91. The molecule has 0 unspecified atom stereocenters. The molecule has 0 N–H and O–H groups in total. The first kappa shape index (κ1) is 14.0. The Kier molecular flexibility index (Phi) is 4.55. The molecule has 0 spiro atoms. The maximum Gasteiger partial charge on any atom is 0.232 e. The minimum atomic E-state index is -0.259. The highest BCUT2D eigenvalue weighted by molar-refractivity contribution is 8.01. The van der Waals surface area contributed by atoms with E-state index in [2.05, 4.69) is 4.98 Å². The number of rotatable bonds is 4. The monoisotopic (exact) mass is 296 g/mol. The Morgan fingerprint density at radius 1 is 1.37 bits per heavy atom. The number of hydrogen-bond donors (Lipinski definition) is 0. The van der Waals surface area contributed by atoms with E-state index in [1.807, 2.05) is 5.38 Å². The molecule has 100 valence electrons. The van der Waals surface area contributed by atoms with Gasteiger partial charge < -0.3 is 4.90 Å². The molecule has 0 saturated heterocycles. The molecule has 1 aromatic heterocycles. The molecule has 2 rings (SSSR count). The quantitative estimate of drug-likeness (QED) is 0.813. The van der Waals surface area contributed by atoms with Gasteiger partial charge in [0.05, 0.1) is 11.4 Å². The zero-order chi connectivity index (χ0) is 13.8. The van der Waals surface area contributed by atoms with Gasteiger partial charge in [-0.1, -0.05) is 11.8 Å². The van der Waals surface area contributed by atoms with Crippen LogP contribution in [0.4, 0.5) is 4.39 Å². The summed E-state index contributed by atoms with van der Waals surface area (Å²) in [5.74, 6) is 0.178. The molecule has 0 radical (unpaired) electrons. The van der Waals surface area contributed by atoms with Gasteiger partial charge in [0.25, 0.3) is 0 Å². The third-order valence-corrected chi connectivity index (χ3v) is 4.45. The third kappa shape index (κ3) is 3.78. The summed E-state index contributed by atoms with van der Waals surface area (Å²) in [5.41, 5.74) is 1.69. The molecule has 1 aromatic carbocycles. The van der Waals surface area contributed by atoms with E-state index in [0.717, 1.165) is 15.6 Å². The van der Waals surface area contributed by atoms with E-state index >= 15 is 0 Å². The molecule has 19 heavy (non-hydrogen) atoms. The van der Waals surface area contributed by atoms with Gasteiger partial charge >= 0.3 is 0 Å². The largest absolute Gasteiger partial charge is 0.348 e. The first-order valence-electron chi connectivity index (χ1n) is 5.60. The Hall–Kier alpha value is -1.40. The van der Waals surface area contributed by atoms with Crippen molar-refractivity contribution in [2.24, 2.45) is 0 Å². The molecule has 0 aliphatic heterocycles. The molecule has 6 heteroatoms. The second kappa shape index (κ2) is 6.16. The van der Waals surface area contributed by atoms with Crippen molar-refractivity contribution in [3.8, 4) is 11.3 Å². The Morgan fingerprint density at radius 2 is 2.05 bits per heavy atom. The van der Waals surface area contributed by atoms with Crippen molar-refractivity contribution in [2.75, 3.05) is 19.8 Å². The third-order valence-electron chi connectivity index (χ3n) is 2.44. The van der Waals surface area contributed by atoms with E-state index in [4.69, 9.17) is 0 Å². The molecule has 0 atom stereocenters. The van der Waals surface area contributed by atoms with E-state index in [9.17, 15) is 9.18 Å². The minimum absolute atomic E-state index is 0.0588. The molecule has 1 heterocycles. The molecular formula is C13H13FN2OS2. The summed E-state index contributed by atoms with van der Waals surface area (Å²) in [6.07, 6.45) is 0. The van der Waals surface area contributed by atoms with Gasteiger partial charge in [-0.3, -0.25) is 4.79 Å². The van der Waals surface area contributed by atoms with Crippen LogP contribution in [-0.4, -0.2) is 35.6 Å². The van der Waals surface area contributed by atoms with Gasteiger partial charge in [-0.15, -0.1) is 11.3 Å². The van der Waals surface area contributed by atoms with Gasteiger partial charge in [0, 0.05) is 25.0 Å². The van der Waals surface area contributed by atoms with Crippen LogP contribution >= 0.6 is 23.1 Å². The summed E-state index contributed by atoms with van der Waals surface area (Å²) >= 11 is 2.91. The topological polar surface area (TPSA) is 33.2 Å². The molecular weight excluding hydrogens is 283 g/mol. The van der Waals surface area contributed by atoms with Gasteiger partial charge in [0.15, 0.2) is 4.34 Å². The van der Waals surface area contributed by atoms with E-state index in [0.29, 0.717) is 5.75 Å². The average molecular weight is 296 g/mol. The van der Waals surface area contributed by atoms with Crippen LogP contribution in [0, 0.1) is 5.82 Å².